The second kappa shape index (κ2) is 3.80. The van der Waals surface area contributed by atoms with Crippen molar-refractivity contribution in [2.75, 3.05) is 32.8 Å². The van der Waals surface area contributed by atoms with Gasteiger partial charge in [0, 0.05) is 19.1 Å². The number of nitrogens with one attached hydrogen (secondary N) is 1. The molecule has 3 nitrogen and oxygen atoms in total. The smallest absolute Gasteiger partial charge is 0.0718 e. The van der Waals surface area contributed by atoms with Gasteiger partial charge in [0.25, 0.3) is 0 Å². The second-order valence-electron chi connectivity index (χ2n) is 4.99. The molecule has 0 aliphatic carbocycles. The van der Waals surface area contributed by atoms with Crippen molar-refractivity contribution in [3.63, 3.8) is 0 Å². The summed E-state index contributed by atoms with van der Waals surface area (Å²) >= 11 is 0. The SMILES string of the molecule is C1CC(CN2CC3CC2CO3)CCN1. The minimum Gasteiger partial charge on any atom is -0.375 e. The Bertz CT molecular complexity index is 203. The highest BCUT2D eigenvalue weighted by atomic mass is 16.5. The first-order valence-corrected chi connectivity index (χ1v) is 5.98. The van der Waals surface area contributed by atoms with Crippen LogP contribution in [0.3, 0.4) is 0 Å². The molecule has 14 heavy (non-hydrogen) atoms. The molecule has 0 aromatic rings. The van der Waals surface area contributed by atoms with E-state index < -0.39 is 0 Å². The summed E-state index contributed by atoms with van der Waals surface area (Å²) in [5.41, 5.74) is 0. The number of morpholine rings is 1. The zero-order chi connectivity index (χ0) is 9.38. The summed E-state index contributed by atoms with van der Waals surface area (Å²) in [5, 5.41) is 3.43. The Balaban J connectivity index is 1.52. The zero-order valence-electron chi connectivity index (χ0n) is 8.74. The number of nitrogens with zero attached hydrogens (tertiary/aromatic N) is 1. The minimum absolute atomic E-state index is 0.571. The van der Waals surface area contributed by atoms with Gasteiger partial charge in [-0.15, -0.1) is 0 Å². The van der Waals surface area contributed by atoms with Crippen LogP contribution in [0.5, 0.6) is 0 Å². The molecule has 2 atom stereocenters. The lowest BCUT2D eigenvalue weighted by Gasteiger charge is -2.32. The van der Waals surface area contributed by atoms with E-state index in [1.165, 1.54) is 45.4 Å². The van der Waals surface area contributed by atoms with Crippen LogP contribution in [-0.4, -0.2) is 49.8 Å². The van der Waals surface area contributed by atoms with Crippen molar-refractivity contribution < 1.29 is 4.74 Å². The van der Waals surface area contributed by atoms with Gasteiger partial charge in [0.1, 0.15) is 0 Å². The Morgan fingerprint density at radius 3 is 2.79 bits per heavy atom. The van der Waals surface area contributed by atoms with Gasteiger partial charge in [0.2, 0.25) is 0 Å². The van der Waals surface area contributed by atoms with Crippen LogP contribution in [0.4, 0.5) is 0 Å². The van der Waals surface area contributed by atoms with Crippen molar-refractivity contribution in [1.29, 1.82) is 0 Å². The summed E-state index contributed by atoms with van der Waals surface area (Å²) < 4.78 is 5.62. The lowest BCUT2D eigenvalue weighted by Crippen LogP contribution is -2.42. The van der Waals surface area contributed by atoms with Gasteiger partial charge in [-0.3, -0.25) is 4.90 Å². The summed E-state index contributed by atoms with van der Waals surface area (Å²) in [6.07, 6.45) is 4.61. The van der Waals surface area contributed by atoms with Crippen molar-refractivity contribution in [2.24, 2.45) is 5.92 Å². The molecule has 0 aromatic carbocycles. The molecule has 80 valence electrons. The summed E-state index contributed by atoms with van der Waals surface area (Å²) in [6.45, 7) is 5.97. The molecule has 0 spiro atoms. The number of hydrogen-bond acceptors (Lipinski definition) is 3. The number of fused-ring (bicyclic) bond motifs is 2. The average molecular weight is 196 g/mol. The van der Waals surface area contributed by atoms with Gasteiger partial charge < -0.3 is 10.1 Å². The van der Waals surface area contributed by atoms with E-state index in [-0.39, 0.29) is 0 Å². The van der Waals surface area contributed by atoms with Gasteiger partial charge in [-0.1, -0.05) is 0 Å². The first-order valence-electron chi connectivity index (χ1n) is 5.98. The van der Waals surface area contributed by atoms with Crippen LogP contribution in [-0.2, 0) is 4.74 Å². The second-order valence-corrected chi connectivity index (χ2v) is 4.99. The quantitative estimate of drug-likeness (QED) is 0.694. The van der Waals surface area contributed by atoms with E-state index >= 15 is 0 Å². The Morgan fingerprint density at radius 1 is 1.29 bits per heavy atom. The van der Waals surface area contributed by atoms with Crippen LogP contribution >= 0.6 is 0 Å². The molecular weight excluding hydrogens is 176 g/mol. The maximum Gasteiger partial charge on any atom is 0.0718 e. The zero-order valence-corrected chi connectivity index (χ0v) is 8.74. The van der Waals surface area contributed by atoms with E-state index in [1.807, 2.05) is 0 Å². The van der Waals surface area contributed by atoms with E-state index in [4.69, 9.17) is 4.74 Å². The van der Waals surface area contributed by atoms with Crippen molar-refractivity contribution in [1.82, 2.24) is 10.2 Å². The van der Waals surface area contributed by atoms with Crippen LogP contribution in [0.25, 0.3) is 0 Å². The van der Waals surface area contributed by atoms with Crippen LogP contribution in [0.2, 0.25) is 0 Å². The topological polar surface area (TPSA) is 24.5 Å². The summed E-state index contributed by atoms with van der Waals surface area (Å²) in [7, 11) is 0. The fourth-order valence-corrected chi connectivity index (χ4v) is 3.10. The highest BCUT2D eigenvalue weighted by Gasteiger charge is 2.39. The summed E-state index contributed by atoms with van der Waals surface area (Å²) in [4.78, 5) is 2.67. The Kier molecular flexibility index (Phi) is 2.48. The molecule has 0 aromatic heterocycles. The molecule has 3 aliphatic rings. The molecule has 2 unspecified atom stereocenters. The maximum atomic E-state index is 5.62. The summed E-state index contributed by atoms with van der Waals surface area (Å²) in [5.74, 6) is 0.940. The van der Waals surface area contributed by atoms with Crippen molar-refractivity contribution in [3.8, 4) is 0 Å². The molecule has 0 radical (unpaired) electrons. The van der Waals surface area contributed by atoms with E-state index in [9.17, 15) is 0 Å². The lowest BCUT2D eigenvalue weighted by atomic mass is 9.97. The van der Waals surface area contributed by atoms with Gasteiger partial charge in [0.15, 0.2) is 0 Å². The predicted octanol–water partition coefficient (Wildman–Crippen LogP) is 0.459. The third-order valence-corrected chi connectivity index (χ3v) is 3.97. The first-order chi connectivity index (χ1) is 6.92. The molecule has 1 N–H and O–H groups in total. The normalized spacial score (nSPS) is 39.4. The van der Waals surface area contributed by atoms with E-state index in [1.54, 1.807) is 0 Å². The average Bonchev–Trinajstić information content (AvgIpc) is 2.81. The number of ether oxygens (including phenoxy) is 1. The van der Waals surface area contributed by atoms with Crippen molar-refractivity contribution >= 4 is 0 Å². The largest absolute Gasteiger partial charge is 0.375 e. The number of rotatable bonds is 2. The fraction of sp³-hybridized carbons (Fsp3) is 1.00. The third-order valence-electron chi connectivity index (χ3n) is 3.97. The molecule has 3 aliphatic heterocycles. The molecule has 0 saturated carbocycles. The Hall–Kier alpha value is -0.120. The Labute approximate surface area is 85.8 Å². The standard InChI is InChI=1S/C11H20N2O/c1-3-12-4-2-9(1)6-13-7-11-5-10(13)8-14-11/h9-12H,1-8H2. The van der Waals surface area contributed by atoms with Crippen LogP contribution in [0.1, 0.15) is 19.3 Å². The van der Waals surface area contributed by atoms with E-state index in [0.717, 1.165) is 18.6 Å². The Morgan fingerprint density at radius 2 is 2.14 bits per heavy atom. The highest BCUT2D eigenvalue weighted by molar-refractivity contribution is 4.92. The molecule has 3 saturated heterocycles. The van der Waals surface area contributed by atoms with Crippen LogP contribution < -0.4 is 5.32 Å². The van der Waals surface area contributed by atoms with Crippen molar-refractivity contribution in [3.05, 3.63) is 0 Å². The van der Waals surface area contributed by atoms with Crippen molar-refractivity contribution in [2.45, 2.75) is 31.4 Å². The minimum atomic E-state index is 0.571. The van der Waals surface area contributed by atoms with E-state index in [0.29, 0.717) is 6.10 Å². The van der Waals surface area contributed by atoms with Crippen LogP contribution in [0.15, 0.2) is 0 Å². The van der Waals surface area contributed by atoms with Gasteiger partial charge >= 0.3 is 0 Å². The number of likely N-dealkylation sites (tertiary alicyclic amines) is 1. The van der Waals surface area contributed by atoms with Crippen LogP contribution in [0, 0.1) is 5.92 Å². The van der Waals surface area contributed by atoms with Gasteiger partial charge in [-0.2, -0.15) is 0 Å². The highest BCUT2D eigenvalue weighted by Crippen LogP contribution is 2.29. The predicted molar refractivity (Wildman–Crippen MR) is 55.3 cm³/mol. The molecule has 3 heterocycles. The third kappa shape index (κ3) is 1.69. The summed E-state index contributed by atoms with van der Waals surface area (Å²) in [6, 6.07) is 0.759. The first kappa shape index (κ1) is 9.13. The lowest BCUT2D eigenvalue weighted by molar-refractivity contribution is 0.0223. The monoisotopic (exact) mass is 196 g/mol. The van der Waals surface area contributed by atoms with Gasteiger partial charge in [0.05, 0.1) is 12.7 Å². The molecular formula is C11H20N2O. The van der Waals surface area contributed by atoms with Gasteiger partial charge in [-0.25, -0.2) is 0 Å². The number of hydrogen-bond donors (Lipinski definition) is 1. The molecule has 3 heteroatoms. The van der Waals surface area contributed by atoms with E-state index in [2.05, 4.69) is 10.2 Å². The van der Waals surface area contributed by atoms with Gasteiger partial charge in [-0.05, 0) is 38.3 Å². The molecule has 3 fully saturated rings. The fourth-order valence-electron chi connectivity index (χ4n) is 3.10. The number of piperidine rings is 1. The molecule has 2 bridgehead atoms. The molecule has 3 rings (SSSR count). The maximum absolute atomic E-state index is 5.62. The molecule has 0 amide bonds.